The van der Waals surface area contributed by atoms with E-state index in [1.54, 1.807) is 5.57 Å². The average molecular weight is 241 g/mol. The van der Waals surface area contributed by atoms with Gasteiger partial charge < -0.3 is 4.90 Å². The van der Waals surface area contributed by atoms with Gasteiger partial charge in [-0.1, -0.05) is 41.5 Å². The van der Waals surface area contributed by atoms with Gasteiger partial charge in [0.05, 0.1) is 0 Å². The Morgan fingerprint density at radius 1 is 1.11 bits per heavy atom. The molecule has 1 aliphatic heterocycles. The van der Waals surface area contributed by atoms with Gasteiger partial charge in [0.1, 0.15) is 0 Å². The van der Waals surface area contributed by atoms with E-state index in [4.69, 9.17) is 0 Å². The molecule has 1 heteroatoms. The van der Waals surface area contributed by atoms with Gasteiger partial charge in [0.15, 0.2) is 0 Å². The third-order valence-corrected chi connectivity index (χ3v) is 4.16. The van der Waals surface area contributed by atoms with Gasteiger partial charge in [-0.15, -0.1) is 0 Å². The third kappa shape index (κ3) is 3.23. The summed E-state index contributed by atoms with van der Waals surface area (Å²) in [6, 6.07) is 8.88. The van der Waals surface area contributed by atoms with Crippen molar-refractivity contribution in [1.82, 2.24) is 4.90 Å². The van der Waals surface area contributed by atoms with Gasteiger partial charge in [-0.25, -0.2) is 0 Å². The van der Waals surface area contributed by atoms with Crippen LogP contribution in [0.1, 0.15) is 36.8 Å². The minimum atomic E-state index is 1.03. The molecule has 1 nitrogen and oxygen atoms in total. The summed E-state index contributed by atoms with van der Waals surface area (Å²) in [6.45, 7) is 6.05. The summed E-state index contributed by atoms with van der Waals surface area (Å²) < 4.78 is 0. The van der Waals surface area contributed by atoms with E-state index < -0.39 is 0 Å². The standard InChI is InChI=1S/C17H23N/c1-14-2-4-15(5-3-14)12-16-8-10-18(11-9-16)13-17-6-7-17/h2-5,12,17H,6-11,13H2,1H3. The fraction of sp³-hybridized carbons (Fsp3) is 0.529. The van der Waals surface area contributed by atoms with E-state index in [-0.39, 0.29) is 0 Å². The Labute approximate surface area is 111 Å². The van der Waals surface area contributed by atoms with Crippen molar-refractivity contribution < 1.29 is 0 Å². The second-order valence-electron chi connectivity index (χ2n) is 5.96. The summed E-state index contributed by atoms with van der Waals surface area (Å²) in [5, 5.41) is 0. The van der Waals surface area contributed by atoms with Crippen LogP contribution in [0.25, 0.3) is 6.08 Å². The molecule has 0 amide bonds. The minimum absolute atomic E-state index is 1.03. The number of hydrogen-bond donors (Lipinski definition) is 0. The van der Waals surface area contributed by atoms with E-state index in [0.29, 0.717) is 0 Å². The smallest absolute Gasteiger partial charge is 0.00189 e. The van der Waals surface area contributed by atoms with Crippen LogP contribution < -0.4 is 0 Å². The molecule has 0 N–H and O–H groups in total. The number of rotatable bonds is 3. The zero-order valence-corrected chi connectivity index (χ0v) is 11.4. The van der Waals surface area contributed by atoms with Crippen LogP contribution in [-0.4, -0.2) is 24.5 Å². The highest BCUT2D eigenvalue weighted by Gasteiger charge is 2.25. The molecule has 1 saturated carbocycles. The first kappa shape index (κ1) is 12.0. The quantitative estimate of drug-likeness (QED) is 0.776. The molecule has 0 unspecified atom stereocenters. The number of benzene rings is 1. The fourth-order valence-corrected chi connectivity index (χ4v) is 2.73. The predicted octanol–water partition coefficient (Wildman–Crippen LogP) is 3.88. The molecule has 1 heterocycles. The highest BCUT2D eigenvalue weighted by Crippen LogP contribution is 2.31. The van der Waals surface area contributed by atoms with Gasteiger partial charge in [-0.3, -0.25) is 0 Å². The Balaban J connectivity index is 1.56. The van der Waals surface area contributed by atoms with Gasteiger partial charge in [-0.2, -0.15) is 0 Å². The Morgan fingerprint density at radius 3 is 2.39 bits per heavy atom. The SMILES string of the molecule is Cc1ccc(C=C2CCN(CC3CC3)CC2)cc1. The number of nitrogens with zero attached hydrogens (tertiary/aromatic N) is 1. The van der Waals surface area contributed by atoms with Crippen molar-refractivity contribution in [2.75, 3.05) is 19.6 Å². The van der Waals surface area contributed by atoms with Crippen molar-refractivity contribution >= 4 is 6.08 Å². The van der Waals surface area contributed by atoms with Crippen LogP contribution in [0.4, 0.5) is 0 Å². The van der Waals surface area contributed by atoms with E-state index in [2.05, 4.69) is 42.2 Å². The predicted molar refractivity (Wildman–Crippen MR) is 77.6 cm³/mol. The lowest BCUT2D eigenvalue weighted by atomic mass is 10.0. The molecular weight excluding hydrogens is 218 g/mol. The molecule has 2 aliphatic rings. The van der Waals surface area contributed by atoms with Crippen LogP contribution >= 0.6 is 0 Å². The molecule has 2 fully saturated rings. The van der Waals surface area contributed by atoms with Crippen molar-refractivity contribution in [3.05, 3.63) is 41.0 Å². The highest BCUT2D eigenvalue weighted by atomic mass is 15.1. The van der Waals surface area contributed by atoms with E-state index >= 15 is 0 Å². The maximum absolute atomic E-state index is 2.66. The first-order chi connectivity index (χ1) is 8.79. The largest absolute Gasteiger partial charge is 0.302 e. The third-order valence-electron chi connectivity index (χ3n) is 4.16. The second kappa shape index (κ2) is 5.27. The summed E-state index contributed by atoms with van der Waals surface area (Å²) in [6.07, 6.45) is 7.88. The number of likely N-dealkylation sites (tertiary alicyclic amines) is 1. The van der Waals surface area contributed by atoms with Crippen molar-refractivity contribution in [3.63, 3.8) is 0 Å². The van der Waals surface area contributed by atoms with Crippen molar-refractivity contribution in [1.29, 1.82) is 0 Å². The normalized spacial score (nSPS) is 21.1. The molecule has 1 saturated heterocycles. The number of aryl methyl sites for hydroxylation is 1. The van der Waals surface area contributed by atoms with Crippen molar-refractivity contribution in [2.45, 2.75) is 32.6 Å². The van der Waals surface area contributed by atoms with E-state index in [9.17, 15) is 0 Å². The van der Waals surface area contributed by atoms with Crippen LogP contribution in [0.5, 0.6) is 0 Å². The summed E-state index contributed by atoms with van der Waals surface area (Å²) in [4.78, 5) is 2.66. The average Bonchev–Trinajstić information content (AvgIpc) is 3.19. The first-order valence-corrected chi connectivity index (χ1v) is 7.28. The molecule has 0 spiro atoms. The molecule has 0 atom stereocenters. The Bertz CT molecular complexity index is 415. The molecule has 0 aromatic heterocycles. The van der Waals surface area contributed by atoms with Gasteiger partial charge in [0.2, 0.25) is 0 Å². The Morgan fingerprint density at radius 2 is 1.78 bits per heavy atom. The monoisotopic (exact) mass is 241 g/mol. The summed E-state index contributed by atoms with van der Waals surface area (Å²) in [5.41, 5.74) is 4.34. The van der Waals surface area contributed by atoms with E-state index in [0.717, 1.165) is 5.92 Å². The summed E-state index contributed by atoms with van der Waals surface area (Å²) >= 11 is 0. The van der Waals surface area contributed by atoms with Crippen molar-refractivity contribution in [3.8, 4) is 0 Å². The molecule has 0 bridgehead atoms. The molecule has 1 aromatic rings. The van der Waals surface area contributed by atoms with E-state index in [1.807, 2.05) is 0 Å². The zero-order valence-electron chi connectivity index (χ0n) is 11.4. The van der Waals surface area contributed by atoms with Crippen LogP contribution in [-0.2, 0) is 0 Å². The van der Waals surface area contributed by atoms with Gasteiger partial charge >= 0.3 is 0 Å². The van der Waals surface area contributed by atoms with Gasteiger partial charge in [-0.05, 0) is 44.1 Å². The molecule has 1 aliphatic carbocycles. The Kier molecular flexibility index (Phi) is 3.51. The maximum atomic E-state index is 2.66. The lowest BCUT2D eigenvalue weighted by Gasteiger charge is -2.28. The van der Waals surface area contributed by atoms with Crippen LogP contribution in [0.3, 0.4) is 0 Å². The van der Waals surface area contributed by atoms with E-state index in [1.165, 1.54) is 56.4 Å². The molecule has 18 heavy (non-hydrogen) atoms. The first-order valence-electron chi connectivity index (χ1n) is 7.28. The van der Waals surface area contributed by atoms with Gasteiger partial charge in [0.25, 0.3) is 0 Å². The van der Waals surface area contributed by atoms with Crippen LogP contribution in [0.2, 0.25) is 0 Å². The lowest BCUT2D eigenvalue weighted by Crippen LogP contribution is -2.32. The van der Waals surface area contributed by atoms with Crippen LogP contribution in [0, 0.1) is 12.8 Å². The van der Waals surface area contributed by atoms with Gasteiger partial charge in [0, 0.05) is 19.6 Å². The lowest BCUT2D eigenvalue weighted by molar-refractivity contribution is 0.247. The molecule has 1 aromatic carbocycles. The second-order valence-corrected chi connectivity index (χ2v) is 5.96. The van der Waals surface area contributed by atoms with Crippen molar-refractivity contribution in [2.24, 2.45) is 5.92 Å². The maximum Gasteiger partial charge on any atom is 0.00189 e. The summed E-state index contributed by atoms with van der Waals surface area (Å²) in [7, 11) is 0. The highest BCUT2D eigenvalue weighted by molar-refractivity contribution is 5.53. The minimum Gasteiger partial charge on any atom is -0.302 e. The van der Waals surface area contributed by atoms with Crippen LogP contribution in [0.15, 0.2) is 29.8 Å². The molecule has 96 valence electrons. The summed E-state index contributed by atoms with van der Waals surface area (Å²) in [5.74, 6) is 1.03. The fourth-order valence-electron chi connectivity index (χ4n) is 2.73. The molecule has 3 rings (SSSR count). The Hall–Kier alpha value is -1.08. The number of hydrogen-bond acceptors (Lipinski definition) is 1. The topological polar surface area (TPSA) is 3.24 Å². The molecule has 0 radical (unpaired) electrons. The zero-order chi connectivity index (χ0) is 12.4. The molecular formula is C17H23N. The number of piperidine rings is 1.